The number of hydrogen-bond acceptors (Lipinski definition) is 3. The fraction of sp³-hybridized carbons (Fsp3) is 0.625. The average Bonchev–Trinajstić information content (AvgIpc) is 2.49. The van der Waals surface area contributed by atoms with Crippen molar-refractivity contribution in [1.82, 2.24) is 9.80 Å². The maximum Gasteiger partial charge on any atom is 0.127 e. The molecule has 2 N–H and O–H groups in total. The second kappa shape index (κ2) is 7.16. The summed E-state index contributed by atoms with van der Waals surface area (Å²) in [5.41, 5.74) is 7.39. The van der Waals surface area contributed by atoms with Crippen LogP contribution in [0.1, 0.15) is 31.4 Å². The van der Waals surface area contributed by atoms with Crippen molar-refractivity contribution in [2.45, 2.75) is 39.4 Å². The number of benzene rings is 1. The second-order valence-corrected chi connectivity index (χ2v) is 5.70. The molecule has 1 aliphatic heterocycles. The molecule has 0 saturated carbocycles. The summed E-state index contributed by atoms with van der Waals surface area (Å²) in [6.45, 7) is 9.83. The molecule has 1 fully saturated rings. The van der Waals surface area contributed by atoms with E-state index in [1.165, 1.54) is 12.5 Å². The van der Waals surface area contributed by atoms with Crippen LogP contribution in [0.5, 0.6) is 0 Å². The summed E-state index contributed by atoms with van der Waals surface area (Å²) in [6.07, 6.45) is 1.19. The third-order valence-corrected chi connectivity index (χ3v) is 4.36. The van der Waals surface area contributed by atoms with Gasteiger partial charge < -0.3 is 5.73 Å². The first-order valence-electron chi connectivity index (χ1n) is 7.57. The fourth-order valence-electron chi connectivity index (χ4n) is 2.74. The van der Waals surface area contributed by atoms with Gasteiger partial charge in [0, 0.05) is 50.9 Å². The Kier molecular flexibility index (Phi) is 5.52. The zero-order chi connectivity index (χ0) is 14.5. The Morgan fingerprint density at radius 1 is 1.25 bits per heavy atom. The average molecular weight is 279 g/mol. The van der Waals surface area contributed by atoms with Crippen molar-refractivity contribution in [2.24, 2.45) is 5.73 Å². The molecule has 1 saturated heterocycles. The Morgan fingerprint density at radius 3 is 2.55 bits per heavy atom. The van der Waals surface area contributed by atoms with Gasteiger partial charge in [-0.3, -0.25) is 9.80 Å². The lowest BCUT2D eigenvalue weighted by atomic mass is 10.1. The van der Waals surface area contributed by atoms with E-state index >= 15 is 0 Å². The van der Waals surface area contributed by atoms with Crippen molar-refractivity contribution >= 4 is 0 Å². The van der Waals surface area contributed by atoms with Gasteiger partial charge in [-0.15, -0.1) is 0 Å². The molecule has 3 nitrogen and oxygen atoms in total. The molecular weight excluding hydrogens is 253 g/mol. The van der Waals surface area contributed by atoms with Crippen LogP contribution in [0.2, 0.25) is 0 Å². The van der Waals surface area contributed by atoms with Crippen LogP contribution in [-0.2, 0) is 13.1 Å². The summed E-state index contributed by atoms with van der Waals surface area (Å²) in [7, 11) is 0. The van der Waals surface area contributed by atoms with E-state index in [9.17, 15) is 4.39 Å². The number of rotatable bonds is 5. The minimum Gasteiger partial charge on any atom is -0.326 e. The highest BCUT2D eigenvalue weighted by molar-refractivity contribution is 5.25. The lowest BCUT2D eigenvalue weighted by Crippen LogP contribution is -2.49. The standard InChI is InChI=1S/C16H26FN3/c1-3-13(2)20-8-6-19(7-9-20)12-15-10-14(11-18)4-5-16(15)17/h4-5,10,13H,3,6-9,11-12,18H2,1-2H3. The molecule has 0 aliphatic carbocycles. The lowest BCUT2D eigenvalue weighted by Gasteiger charge is -2.37. The molecule has 1 aromatic carbocycles. The maximum atomic E-state index is 13.8. The highest BCUT2D eigenvalue weighted by Gasteiger charge is 2.20. The van der Waals surface area contributed by atoms with Crippen LogP contribution in [-0.4, -0.2) is 42.0 Å². The molecule has 112 valence electrons. The van der Waals surface area contributed by atoms with Gasteiger partial charge in [0.05, 0.1) is 0 Å². The lowest BCUT2D eigenvalue weighted by molar-refractivity contribution is 0.0956. The predicted molar refractivity (Wildman–Crippen MR) is 80.9 cm³/mol. The Morgan fingerprint density at radius 2 is 1.95 bits per heavy atom. The summed E-state index contributed by atoms with van der Waals surface area (Å²) >= 11 is 0. The normalized spacial score (nSPS) is 19.2. The minimum absolute atomic E-state index is 0.119. The second-order valence-electron chi connectivity index (χ2n) is 5.70. The van der Waals surface area contributed by atoms with Gasteiger partial charge in [-0.2, -0.15) is 0 Å². The van der Waals surface area contributed by atoms with E-state index in [2.05, 4.69) is 23.6 Å². The van der Waals surface area contributed by atoms with Gasteiger partial charge in [0.15, 0.2) is 0 Å². The molecule has 0 spiro atoms. The summed E-state index contributed by atoms with van der Waals surface area (Å²) < 4.78 is 13.8. The van der Waals surface area contributed by atoms with Crippen LogP contribution < -0.4 is 5.73 Å². The molecule has 0 aromatic heterocycles. The molecule has 2 rings (SSSR count). The van der Waals surface area contributed by atoms with Crippen molar-refractivity contribution in [1.29, 1.82) is 0 Å². The first kappa shape index (κ1) is 15.4. The van der Waals surface area contributed by atoms with Crippen molar-refractivity contribution in [3.05, 3.63) is 35.1 Å². The molecule has 20 heavy (non-hydrogen) atoms. The van der Waals surface area contributed by atoms with Crippen LogP contribution in [0, 0.1) is 5.82 Å². The van der Waals surface area contributed by atoms with Gasteiger partial charge >= 0.3 is 0 Å². The van der Waals surface area contributed by atoms with E-state index in [1.807, 2.05) is 6.07 Å². The Balaban J connectivity index is 1.92. The van der Waals surface area contributed by atoms with Gasteiger partial charge in [0.2, 0.25) is 0 Å². The number of hydrogen-bond donors (Lipinski definition) is 1. The summed E-state index contributed by atoms with van der Waals surface area (Å²) in [5.74, 6) is -0.119. The topological polar surface area (TPSA) is 32.5 Å². The SMILES string of the molecule is CCC(C)N1CCN(Cc2cc(CN)ccc2F)CC1. The van der Waals surface area contributed by atoms with E-state index < -0.39 is 0 Å². The van der Waals surface area contributed by atoms with Crippen molar-refractivity contribution in [3.63, 3.8) is 0 Å². The third kappa shape index (κ3) is 3.78. The first-order chi connectivity index (χ1) is 9.63. The zero-order valence-electron chi connectivity index (χ0n) is 12.6. The molecule has 1 unspecified atom stereocenters. The van der Waals surface area contributed by atoms with Gasteiger partial charge in [-0.1, -0.05) is 19.1 Å². The van der Waals surface area contributed by atoms with E-state index in [-0.39, 0.29) is 5.82 Å². The van der Waals surface area contributed by atoms with Gasteiger partial charge in [-0.25, -0.2) is 4.39 Å². The zero-order valence-corrected chi connectivity index (χ0v) is 12.6. The first-order valence-corrected chi connectivity index (χ1v) is 7.57. The van der Waals surface area contributed by atoms with E-state index in [0.717, 1.165) is 37.3 Å². The minimum atomic E-state index is -0.119. The largest absolute Gasteiger partial charge is 0.326 e. The summed E-state index contributed by atoms with van der Waals surface area (Å²) in [6, 6.07) is 5.85. The number of piperazine rings is 1. The monoisotopic (exact) mass is 279 g/mol. The molecule has 1 aromatic rings. The molecule has 0 amide bonds. The molecule has 1 heterocycles. The van der Waals surface area contributed by atoms with Crippen LogP contribution in [0.25, 0.3) is 0 Å². The van der Waals surface area contributed by atoms with Crippen molar-refractivity contribution in [3.8, 4) is 0 Å². The number of nitrogens with zero attached hydrogens (tertiary/aromatic N) is 2. The highest BCUT2D eigenvalue weighted by atomic mass is 19.1. The van der Waals surface area contributed by atoms with Gasteiger partial charge in [-0.05, 0) is 25.0 Å². The Hall–Kier alpha value is -0.970. The van der Waals surface area contributed by atoms with Crippen molar-refractivity contribution < 1.29 is 4.39 Å². The van der Waals surface area contributed by atoms with Gasteiger partial charge in [0.25, 0.3) is 0 Å². The summed E-state index contributed by atoms with van der Waals surface area (Å²) in [5, 5.41) is 0. The quantitative estimate of drug-likeness (QED) is 0.897. The number of halogens is 1. The number of nitrogens with two attached hydrogens (primary N) is 1. The smallest absolute Gasteiger partial charge is 0.127 e. The molecular formula is C16H26FN3. The molecule has 4 heteroatoms. The Bertz CT molecular complexity index is 428. The maximum absolute atomic E-state index is 13.8. The molecule has 1 aliphatic rings. The van der Waals surface area contributed by atoms with Crippen LogP contribution in [0.3, 0.4) is 0 Å². The van der Waals surface area contributed by atoms with E-state index in [4.69, 9.17) is 5.73 Å². The van der Waals surface area contributed by atoms with Crippen LogP contribution in [0.15, 0.2) is 18.2 Å². The van der Waals surface area contributed by atoms with Crippen molar-refractivity contribution in [2.75, 3.05) is 26.2 Å². The highest BCUT2D eigenvalue weighted by Crippen LogP contribution is 2.15. The third-order valence-electron chi connectivity index (χ3n) is 4.36. The van der Waals surface area contributed by atoms with Crippen LogP contribution in [0.4, 0.5) is 4.39 Å². The fourth-order valence-corrected chi connectivity index (χ4v) is 2.74. The van der Waals surface area contributed by atoms with Gasteiger partial charge in [0.1, 0.15) is 5.82 Å². The molecule has 0 radical (unpaired) electrons. The Labute approximate surface area is 121 Å². The summed E-state index contributed by atoms with van der Waals surface area (Å²) in [4.78, 5) is 4.85. The molecule has 0 bridgehead atoms. The predicted octanol–water partition coefficient (Wildman–Crippen LogP) is 2.20. The van der Waals surface area contributed by atoms with E-state index in [1.54, 1.807) is 6.07 Å². The van der Waals surface area contributed by atoms with E-state index in [0.29, 0.717) is 19.1 Å². The van der Waals surface area contributed by atoms with Crippen LogP contribution >= 0.6 is 0 Å². The molecule has 1 atom stereocenters.